The lowest BCUT2D eigenvalue weighted by Gasteiger charge is -2.14. The Morgan fingerprint density at radius 1 is 1.65 bits per heavy atom. The molecule has 0 heterocycles. The minimum atomic E-state index is -1.25. The third kappa shape index (κ3) is 3.33. The summed E-state index contributed by atoms with van der Waals surface area (Å²) < 4.78 is 5.16. The number of ether oxygens (including phenoxy) is 1. The Labute approximate surface area is 105 Å². The van der Waals surface area contributed by atoms with Crippen LogP contribution < -0.4 is 15.8 Å². The van der Waals surface area contributed by atoms with Crippen molar-refractivity contribution in [2.24, 2.45) is 5.73 Å². The molecule has 1 aromatic rings. The van der Waals surface area contributed by atoms with Gasteiger partial charge in [-0.1, -0.05) is 11.6 Å². The highest BCUT2D eigenvalue weighted by Gasteiger charge is 2.16. The van der Waals surface area contributed by atoms with E-state index in [2.05, 4.69) is 5.32 Å². The van der Waals surface area contributed by atoms with Crippen LogP contribution in [0.3, 0.4) is 0 Å². The van der Waals surface area contributed by atoms with Crippen LogP contribution in [0, 0.1) is 6.92 Å². The van der Waals surface area contributed by atoms with Crippen molar-refractivity contribution >= 4 is 23.2 Å². The highest BCUT2D eigenvalue weighted by Crippen LogP contribution is 2.32. The molecule has 1 unspecified atom stereocenters. The Morgan fingerprint density at radius 3 is 2.82 bits per heavy atom. The van der Waals surface area contributed by atoms with Gasteiger partial charge in [0.1, 0.15) is 11.9 Å². The number of aliphatic hydroxyl groups is 1. The number of nitrogens with one attached hydrogen (secondary N) is 1. The van der Waals surface area contributed by atoms with Crippen LogP contribution in [0.15, 0.2) is 12.1 Å². The van der Waals surface area contributed by atoms with Crippen molar-refractivity contribution in [2.75, 3.05) is 19.0 Å². The van der Waals surface area contributed by atoms with Crippen LogP contribution in [0.5, 0.6) is 5.75 Å². The van der Waals surface area contributed by atoms with Crippen LogP contribution in [-0.4, -0.2) is 30.8 Å². The number of carbonyl (C=O) groups excluding carboxylic acids is 1. The molecule has 17 heavy (non-hydrogen) atoms. The quantitative estimate of drug-likeness (QED) is 0.750. The number of halogens is 1. The summed E-state index contributed by atoms with van der Waals surface area (Å²) in [5.41, 5.74) is 6.39. The van der Waals surface area contributed by atoms with E-state index in [0.717, 1.165) is 5.56 Å². The van der Waals surface area contributed by atoms with Gasteiger partial charge in [0.15, 0.2) is 0 Å². The number of rotatable bonds is 4. The van der Waals surface area contributed by atoms with Gasteiger partial charge in [-0.05, 0) is 24.6 Å². The smallest absolute Gasteiger partial charge is 0.254 e. The largest absolute Gasteiger partial charge is 0.494 e. The third-order valence-electron chi connectivity index (χ3n) is 2.23. The molecular formula is C11H15ClN2O3. The van der Waals surface area contributed by atoms with Gasteiger partial charge in [-0.25, -0.2) is 0 Å². The fraction of sp³-hybridized carbons (Fsp3) is 0.364. The lowest BCUT2D eigenvalue weighted by molar-refractivity contribution is -0.123. The summed E-state index contributed by atoms with van der Waals surface area (Å²) in [5, 5.41) is 12.3. The Kier molecular flexibility index (Phi) is 4.74. The molecular weight excluding hydrogens is 244 g/mol. The summed E-state index contributed by atoms with van der Waals surface area (Å²) in [5.74, 6) is -0.0839. The summed E-state index contributed by atoms with van der Waals surface area (Å²) in [6, 6.07) is 3.27. The van der Waals surface area contributed by atoms with Gasteiger partial charge in [0, 0.05) is 11.6 Å². The van der Waals surface area contributed by atoms with Crippen LogP contribution in [0.25, 0.3) is 0 Å². The van der Waals surface area contributed by atoms with Gasteiger partial charge >= 0.3 is 0 Å². The van der Waals surface area contributed by atoms with Gasteiger partial charge in [-0.3, -0.25) is 4.79 Å². The fourth-order valence-corrected chi connectivity index (χ4v) is 1.69. The van der Waals surface area contributed by atoms with Crippen molar-refractivity contribution < 1.29 is 14.6 Å². The maximum absolute atomic E-state index is 11.5. The third-order valence-corrected chi connectivity index (χ3v) is 2.45. The Bertz CT molecular complexity index is 423. The van der Waals surface area contributed by atoms with Gasteiger partial charge in [-0.15, -0.1) is 0 Å². The van der Waals surface area contributed by atoms with E-state index in [1.54, 1.807) is 19.1 Å². The molecule has 0 saturated heterocycles. The van der Waals surface area contributed by atoms with Crippen LogP contribution in [0.4, 0.5) is 5.69 Å². The van der Waals surface area contributed by atoms with E-state index in [1.165, 1.54) is 7.11 Å². The first-order valence-electron chi connectivity index (χ1n) is 5.02. The van der Waals surface area contributed by atoms with Crippen molar-refractivity contribution in [3.05, 3.63) is 22.7 Å². The second-order valence-electron chi connectivity index (χ2n) is 3.54. The number of aliphatic hydroxyl groups excluding tert-OH is 1. The lowest BCUT2D eigenvalue weighted by atomic mass is 10.2. The zero-order valence-electron chi connectivity index (χ0n) is 9.66. The topological polar surface area (TPSA) is 84.6 Å². The molecule has 0 aromatic heterocycles. The van der Waals surface area contributed by atoms with E-state index in [4.69, 9.17) is 22.1 Å². The monoisotopic (exact) mass is 258 g/mol. The normalized spacial score (nSPS) is 12.1. The van der Waals surface area contributed by atoms with Gasteiger partial charge in [0.05, 0.1) is 12.8 Å². The van der Waals surface area contributed by atoms with Gasteiger partial charge in [0.2, 0.25) is 0 Å². The van der Waals surface area contributed by atoms with E-state index in [0.29, 0.717) is 16.5 Å². The molecule has 1 amide bonds. The predicted molar refractivity (Wildman–Crippen MR) is 66.4 cm³/mol. The summed E-state index contributed by atoms with van der Waals surface area (Å²) in [4.78, 5) is 11.5. The molecule has 0 aliphatic rings. The first-order chi connectivity index (χ1) is 7.99. The van der Waals surface area contributed by atoms with E-state index < -0.39 is 12.0 Å². The van der Waals surface area contributed by atoms with Crippen molar-refractivity contribution in [2.45, 2.75) is 13.0 Å². The maximum Gasteiger partial charge on any atom is 0.254 e. The summed E-state index contributed by atoms with van der Waals surface area (Å²) in [6.07, 6.45) is -1.25. The summed E-state index contributed by atoms with van der Waals surface area (Å²) in [7, 11) is 1.49. The number of aryl methyl sites for hydroxylation is 1. The van der Waals surface area contributed by atoms with Crippen molar-refractivity contribution in [3.63, 3.8) is 0 Å². The zero-order chi connectivity index (χ0) is 13.0. The molecule has 4 N–H and O–H groups in total. The molecule has 94 valence electrons. The van der Waals surface area contributed by atoms with Crippen LogP contribution in [0.2, 0.25) is 5.02 Å². The molecule has 6 heteroatoms. The average Bonchev–Trinajstić information content (AvgIpc) is 2.27. The molecule has 1 rings (SSSR count). The van der Waals surface area contributed by atoms with Gasteiger partial charge in [-0.2, -0.15) is 0 Å². The number of methoxy groups -OCH3 is 1. The summed E-state index contributed by atoms with van der Waals surface area (Å²) >= 11 is 5.88. The number of carbonyl (C=O) groups is 1. The SMILES string of the molecule is COc1c(C)cc(Cl)cc1NC(=O)C(O)CN. The molecule has 0 spiro atoms. The van der Waals surface area contributed by atoms with Crippen LogP contribution >= 0.6 is 11.6 Å². The molecule has 0 saturated carbocycles. The van der Waals surface area contributed by atoms with Crippen molar-refractivity contribution in [1.29, 1.82) is 0 Å². The number of anilines is 1. The van der Waals surface area contributed by atoms with Crippen molar-refractivity contribution in [1.82, 2.24) is 0 Å². The average molecular weight is 259 g/mol. The molecule has 1 atom stereocenters. The highest BCUT2D eigenvalue weighted by atomic mass is 35.5. The minimum absolute atomic E-state index is 0.145. The summed E-state index contributed by atoms with van der Waals surface area (Å²) in [6.45, 7) is 1.66. The van der Waals surface area contributed by atoms with Gasteiger partial charge in [0.25, 0.3) is 5.91 Å². The lowest BCUT2D eigenvalue weighted by Crippen LogP contribution is -2.34. The van der Waals surface area contributed by atoms with E-state index in [-0.39, 0.29) is 6.54 Å². The second kappa shape index (κ2) is 5.86. The van der Waals surface area contributed by atoms with E-state index >= 15 is 0 Å². The van der Waals surface area contributed by atoms with Crippen LogP contribution in [0.1, 0.15) is 5.56 Å². The van der Waals surface area contributed by atoms with E-state index in [1.807, 2.05) is 0 Å². The first kappa shape index (κ1) is 13.8. The number of hydrogen-bond acceptors (Lipinski definition) is 4. The fourth-order valence-electron chi connectivity index (χ4n) is 1.42. The van der Waals surface area contributed by atoms with Gasteiger partial charge < -0.3 is 20.9 Å². The molecule has 1 aromatic carbocycles. The number of nitrogens with two attached hydrogens (primary N) is 1. The molecule has 0 radical (unpaired) electrons. The van der Waals surface area contributed by atoms with Crippen molar-refractivity contribution in [3.8, 4) is 5.75 Å². The Hall–Kier alpha value is -1.30. The molecule has 5 nitrogen and oxygen atoms in total. The minimum Gasteiger partial charge on any atom is -0.494 e. The van der Waals surface area contributed by atoms with E-state index in [9.17, 15) is 9.90 Å². The molecule has 0 aliphatic heterocycles. The number of benzene rings is 1. The number of hydrogen-bond donors (Lipinski definition) is 3. The first-order valence-corrected chi connectivity index (χ1v) is 5.40. The Morgan fingerprint density at radius 2 is 2.29 bits per heavy atom. The zero-order valence-corrected chi connectivity index (χ0v) is 10.4. The Balaban J connectivity index is 3.01. The molecule has 0 bridgehead atoms. The highest BCUT2D eigenvalue weighted by molar-refractivity contribution is 6.31. The van der Waals surface area contributed by atoms with Crippen LogP contribution in [-0.2, 0) is 4.79 Å². The molecule has 0 aliphatic carbocycles. The maximum atomic E-state index is 11.5. The second-order valence-corrected chi connectivity index (χ2v) is 3.98. The predicted octanol–water partition coefficient (Wildman–Crippen LogP) is 0.915. The molecule has 0 fully saturated rings. The number of amides is 1. The standard InChI is InChI=1S/C11H15ClN2O3/c1-6-3-7(12)4-8(10(6)17-2)14-11(16)9(15)5-13/h3-4,9,15H,5,13H2,1-2H3,(H,14,16).